The molecule has 0 aromatic rings. The maximum absolute atomic E-state index is 10.9. The van der Waals surface area contributed by atoms with E-state index in [1.54, 1.807) is 0 Å². The Hall–Kier alpha value is -1.06. The first-order valence-electron chi connectivity index (χ1n) is 4.24. The van der Waals surface area contributed by atoms with Crippen LogP contribution >= 0.6 is 0 Å². The van der Waals surface area contributed by atoms with Crippen LogP contribution in [0, 0.1) is 5.92 Å². The molecule has 0 spiro atoms. The predicted molar refractivity (Wildman–Crippen MR) is 44.1 cm³/mol. The first kappa shape index (κ1) is 9.03. The van der Waals surface area contributed by atoms with Gasteiger partial charge < -0.3 is 11.1 Å². The molecule has 2 unspecified atom stereocenters. The van der Waals surface area contributed by atoms with E-state index >= 15 is 0 Å². The van der Waals surface area contributed by atoms with Gasteiger partial charge in [0.25, 0.3) is 0 Å². The number of carbonyl (C=O) groups is 2. The zero-order chi connectivity index (χ0) is 8.97. The molecule has 0 aromatic heterocycles. The van der Waals surface area contributed by atoms with E-state index in [-0.39, 0.29) is 17.9 Å². The zero-order valence-corrected chi connectivity index (χ0v) is 6.95. The molecule has 4 nitrogen and oxygen atoms in total. The molecular weight excluding hydrogens is 156 g/mol. The van der Waals surface area contributed by atoms with Crippen LogP contribution in [0.4, 0.5) is 0 Å². The summed E-state index contributed by atoms with van der Waals surface area (Å²) in [6.45, 7) is 0. The average molecular weight is 170 g/mol. The molecule has 1 aliphatic carbocycles. The molecule has 0 radical (unpaired) electrons. The Labute approximate surface area is 71.5 Å². The minimum Gasteiger partial charge on any atom is -0.369 e. The standard InChI is InChI=1S/C8H14N2O2/c9-8(12)6-3-1-2-4-7(6)10-5-11/h5-7H,1-4H2,(H2,9,12)(H,10,11). The summed E-state index contributed by atoms with van der Waals surface area (Å²) in [5.41, 5.74) is 5.19. The summed E-state index contributed by atoms with van der Waals surface area (Å²) < 4.78 is 0. The lowest BCUT2D eigenvalue weighted by Crippen LogP contribution is -2.44. The van der Waals surface area contributed by atoms with Gasteiger partial charge in [-0.25, -0.2) is 0 Å². The van der Waals surface area contributed by atoms with Crippen molar-refractivity contribution in [2.45, 2.75) is 31.7 Å². The van der Waals surface area contributed by atoms with Gasteiger partial charge in [-0.15, -0.1) is 0 Å². The molecule has 0 aliphatic heterocycles. The molecule has 0 saturated heterocycles. The number of carbonyl (C=O) groups excluding carboxylic acids is 2. The highest BCUT2D eigenvalue weighted by molar-refractivity contribution is 5.77. The van der Waals surface area contributed by atoms with Crippen molar-refractivity contribution in [1.29, 1.82) is 0 Å². The minimum atomic E-state index is -0.297. The van der Waals surface area contributed by atoms with Crippen molar-refractivity contribution < 1.29 is 9.59 Å². The zero-order valence-electron chi connectivity index (χ0n) is 6.95. The Morgan fingerprint density at radius 3 is 2.67 bits per heavy atom. The van der Waals surface area contributed by atoms with Gasteiger partial charge >= 0.3 is 0 Å². The lowest BCUT2D eigenvalue weighted by atomic mass is 9.84. The summed E-state index contributed by atoms with van der Waals surface area (Å²) in [5.74, 6) is -0.460. The van der Waals surface area contributed by atoms with Gasteiger partial charge in [0, 0.05) is 6.04 Å². The van der Waals surface area contributed by atoms with Crippen LogP contribution in [-0.2, 0) is 9.59 Å². The Balaban J connectivity index is 2.53. The Bertz CT molecular complexity index is 182. The number of nitrogens with one attached hydrogen (secondary N) is 1. The van der Waals surface area contributed by atoms with E-state index in [0.717, 1.165) is 25.7 Å². The quantitative estimate of drug-likeness (QED) is 0.574. The Morgan fingerprint density at radius 1 is 1.42 bits per heavy atom. The third-order valence-corrected chi connectivity index (χ3v) is 2.41. The van der Waals surface area contributed by atoms with Crippen LogP contribution in [0.1, 0.15) is 25.7 Å². The number of nitrogens with two attached hydrogens (primary N) is 1. The molecule has 2 atom stereocenters. The smallest absolute Gasteiger partial charge is 0.222 e. The van der Waals surface area contributed by atoms with Gasteiger partial charge in [0.05, 0.1) is 5.92 Å². The Morgan fingerprint density at radius 2 is 2.08 bits per heavy atom. The number of rotatable bonds is 3. The SMILES string of the molecule is NC(=O)C1CCCCC1NC=O. The summed E-state index contributed by atoms with van der Waals surface area (Å²) >= 11 is 0. The first-order valence-corrected chi connectivity index (χ1v) is 4.24. The van der Waals surface area contributed by atoms with Crippen molar-refractivity contribution in [3.05, 3.63) is 0 Å². The van der Waals surface area contributed by atoms with Gasteiger partial charge in [-0.2, -0.15) is 0 Å². The molecule has 12 heavy (non-hydrogen) atoms. The lowest BCUT2D eigenvalue weighted by Gasteiger charge is -2.28. The van der Waals surface area contributed by atoms with E-state index < -0.39 is 0 Å². The second-order valence-electron chi connectivity index (χ2n) is 3.18. The fourth-order valence-corrected chi connectivity index (χ4v) is 1.76. The van der Waals surface area contributed by atoms with E-state index in [2.05, 4.69) is 5.32 Å². The van der Waals surface area contributed by atoms with Crippen molar-refractivity contribution >= 4 is 12.3 Å². The average Bonchev–Trinajstić information content (AvgIpc) is 2.05. The Kier molecular flexibility index (Phi) is 3.08. The van der Waals surface area contributed by atoms with Crippen molar-refractivity contribution in [2.24, 2.45) is 11.7 Å². The monoisotopic (exact) mass is 170 g/mol. The predicted octanol–water partition coefficient (Wildman–Crippen LogP) is -0.224. The largest absolute Gasteiger partial charge is 0.369 e. The molecule has 1 rings (SSSR count). The van der Waals surface area contributed by atoms with Crippen LogP contribution < -0.4 is 11.1 Å². The molecule has 4 heteroatoms. The molecular formula is C8H14N2O2. The number of primary amides is 1. The van der Waals surface area contributed by atoms with E-state index in [1.165, 1.54) is 0 Å². The third kappa shape index (κ3) is 1.96. The normalized spacial score (nSPS) is 29.3. The maximum atomic E-state index is 10.9. The first-order chi connectivity index (χ1) is 5.75. The van der Waals surface area contributed by atoms with Crippen LogP contribution in [0.25, 0.3) is 0 Å². The molecule has 68 valence electrons. The molecule has 0 aromatic carbocycles. The fourth-order valence-electron chi connectivity index (χ4n) is 1.76. The van der Waals surface area contributed by atoms with Crippen molar-refractivity contribution in [1.82, 2.24) is 5.32 Å². The minimum absolute atomic E-state index is 0.0336. The summed E-state index contributed by atoms with van der Waals surface area (Å²) in [5, 5.41) is 2.63. The maximum Gasteiger partial charge on any atom is 0.222 e. The van der Waals surface area contributed by atoms with Gasteiger partial charge in [0.15, 0.2) is 0 Å². The van der Waals surface area contributed by atoms with Gasteiger partial charge in [-0.1, -0.05) is 12.8 Å². The molecule has 1 fully saturated rings. The third-order valence-electron chi connectivity index (χ3n) is 2.41. The molecule has 0 bridgehead atoms. The van der Waals surface area contributed by atoms with Gasteiger partial charge in [-0.05, 0) is 12.8 Å². The number of amides is 2. The van der Waals surface area contributed by atoms with Crippen LogP contribution in [-0.4, -0.2) is 18.4 Å². The van der Waals surface area contributed by atoms with Gasteiger partial charge in [0.2, 0.25) is 12.3 Å². The van der Waals surface area contributed by atoms with E-state index in [1.807, 2.05) is 0 Å². The van der Waals surface area contributed by atoms with Gasteiger partial charge in [-0.3, -0.25) is 9.59 Å². The lowest BCUT2D eigenvalue weighted by molar-refractivity contribution is -0.124. The van der Waals surface area contributed by atoms with Crippen LogP contribution in [0.3, 0.4) is 0 Å². The highest BCUT2D eigenvalue weighted by atomic mass is 16.1. The molecule has 1 saturated carbocycles. The summed E-state index contributed by atoms with van der Waals surface area (Å²) in [4.78, 5) is 21.1. The second-order valence-corrected chi connectivity index (χ2v) is 3.18. The van der Waals surface area contributed by atoms with Crippen molar-refractivity contribution in [3.63, 3.8) is 0 Å². The van der Waals surface area contributed by atoms with Crippen molar-refractivity contribution in [3.8, 4) is 0 Å². The number of hydrogen-bond acceptors (Lipinski definition) is 2. The summed E-state index contributed by atoms with van der Waals surface area (Å²) in [6, 6.07) is -0.0336. The van der Waals surface area contributed by atoms with Gasteiger partial charge in [0.1, 0.15) is 0 Å². The van der Waals surface area contributed by atoms with Crippen molar-refractivity contribution in [2.75, 3.05) is 0 Å². The van der Waals surface area contributed by atoms with E-state index in [4.69, 9.17) is 5.73 Å². The van der Waals surface area contributed by atoms with Crippen LogP contribution in [0.2, 0.25) is 0 Å². The van der Waals surface area contributed by atoms with Crippen LogP contribution in [0.15, 0.2) is 0 Å². The molecule has 2 amide bonds. The highest BCUT2D eigenvalue weighted by Gasteiger charge is 2.28. The highest BCUT2D eigenvalue weighted by Crippen LogP contribution is 2.23. The fraction of sp³-hybridized carbons (Fsp3) is 0.750. The van der Waals surface area contributed by atoms with E-state index in [9.17, 15) is 9.59 Å². The van der Waals surface area contributed by atoms with Crippen LogP contribution in [0.5, 0.6) is 0 Å². The second kappa shape index (κ2) is 4.09. The molecule has 1 aliphatic rings. The molecule has 3 N–H and O–H groups in total. The topological polar surface area (TPSA) is 72.2 Å². The summed E-state index contributed by atoms with van der Waals surface area (Å²) in [6.07, 6.45) is 4.42. The summed E-state index contributed by atoms with van der Waals surface area (Å²) in [7, 11) is 0. The molecule has 0 heterocycles. The van der Waals surface area contributed by atoms with E-state index in [0.29, 0.717) is 6.41 Å². The number of hydrogen-bond donors (Lipinski definition) is 2.